The van der Waals surface area contributed by atoms with Crippen LogP contribution in [0.1, 0.15) is 40.5 Å². The van der Waals surface area contributed by atoms with Crippen molar-refractivity contribution in [2.75, 3.05) is 19.6 Å². The van der Waals surface area contributed by atoms with E-state index in [1.807, 2.05) is 13.8 Å². The van der Waals surface area contributed by atoms with Crippen LogP contribution in [0, 0.1) is 5.41 Å². The number of esters is 1. The predicted molar refractivity (Wildman–Crippen MR) is 60.7 cm³/mol. The van der Waals surface area contributed by atoms with E-state index in [4.69, 9.17) is 4.74 Å². The van der Waals surface area contributed by atoms with Crippen LogP contribution < -0.4 is 0 Å². The van der Waals surface area contributed by atoms with Crippen LogP contribution in [0.25, 0.3) is 0 Å². The molecule has 0 aliphatic carbocycles. The first-order valence-corrected chi connectivity index (χ1v) is 5.81. The van der Waals surface area contributed by atoms with E-state index in [0.717, 1.165) is 13.1 Å². The van der Waals surface area contributed by atoms with Gasteiger partial charge in [0.1, 0.15) is 0 Å². The average Bonchev–Trinajstić information content (AvgIpc) is 2.07. The molecule has 0 atom stereocenters. The largest absolute Gasteiger partial charge is 0.462 e. The Bertz CT molecular complexity index is 214. The van der Waals surface area contributed by atoms with E-state index in [2.05, 4.69) is 18.7 Å². The maximum Gasteiger partial charge on any atom is 0.320 e. The molecular weight excluding hydrogens is 190 g/mol. The van der Waals surface area contributed by atoms with Crippen LogP contribution in [0.15, 0.2) is 0 Å². The summed E-state index contributed by atoms with van der Waals surface area (Å²) in [5.74, 6) is -0.0929. The summed E-state index contributed by atoms with van der Waals surface area (Å²) in [5.41, 5.74) is 0.443. The number of ether oxygens (including phenoxy) is 1. The van der Waals surface area contributed by atoms with Gasteiger partial charge in [-0.3, -0.25) is 9.69 Å². The van der Waals surface area contributed by atoms with Crippen LogP contribution >= 0.6 is 0 Å². The van der Waals surface area contributed by atoms with E-state index in [9.17, 15) is 4.79 Å². The van der Waals surface area contributed by atoms with E-state index < -0.39 is 0 Å². The number of hydrogen-bond donors (Lipinski definition) is 0. The van der Waals surface area contributed by atoms with Crippen molar-refractivity contribution in [3.05, 3.63) is 0 Å². The zero-order valence-corrected chi connectivity index (χ0v) is 10.4. The minimum atomic E-state index is -0.0929. The molecule has 0 radical (unpaired) electrons. The molecule has 88 valence electrons. The summed E-state index contributed by atoms with van der Waals surface area (Å²) in [6, 6.07) is 0. The number of carbonyl (C=O) groups is 1. The molecule has 1 aliphatic rings. The van der Waals surface area contributed by atoms with Crippen LogP contribution in [-0.2, 0) is 9.53 Å². The second-order valence-corrected chi connectivity index (χ2v) is 5.48. The minimum absolute atomic E-state index is 0.00117. The van der Waals surface area contributed by atoms with Crippen molar-refractivity contribution in [3.8, 4) is 0 Å². The van der Waals surface area contributed by atoms with Crippen molar-refractivity contribution in [2.24, 2.45) is 5.41 Å². The molecule has 0 amide bonds. The van der Waals surface area contributed by atoms with Crippen LogP contribution in [0.4, 0.5) is 0 Å². The van der Waals surface area contributed by atoms with E-state index in [0.29, 0.717) is 12.0 Å². The van der Waals surface area contributed by atoms with Gasteiger partial charge in [-0.15, -0.1) is 0 Å². The van der Waals surface area contributed by atoms with Crippen molar-refractivity contribution >= 4 is 5.97 Å². The Labute approximate surface area is 92.8 Å². The zero-order valence-electron chi connectivity index (χ0n) is 10.4. The molecule has 0 bridgehead atoms. The van der Waals surface area contributed by atoms with Crippen LogP contribution in [0.5, 0.6) is 0 Å². The highest BCUT2D eigenvalue weighted by atomic mass is 16.5. The maximum atomic E-state index is 11.4. The van der Waals surface area contributed by atoms with Crippen LogP contribution in [0.2, 0.25) is 0 Å². The quantitative estimate of drug-likeness (QED) is 0.672. The summed E-state index contributed by atoms with van der Waals surface area (Å²) >= 11 is 0. The molecule has 0 unspecified atom stereocenters. The van der Waals surface area contributed by atoms with Gasteiger partial charge in [0.25, 0.3) is 0 Å². The van der Waals surface area contributed by atoms with Crippen molar-refractivity contribution in [1.29, 1.82) is 0 Å². The summed E-state index contributed by atoms with van der Waals surface area (Å²) < 4.78 is 5.12. The third-order valence-corrected chi connectivity index (χ3v) is 2.93. The second-order valence-electron chi connectivity index (χ2n) is 5.48. The lowest BCUT2D eigenvalue weighted by Crippen LogP contribution is -2.40. The highest BCUT2D eigenvalue weighted by molar-refractivity contribution is 5.71. The molecule has 0 N–H and O–H groups in total. The van der Waals surface area contributed by atoms with Gasteiger partial charge in [0, 0.05) is 0 Å². The predicted octanol–water partition coefficient (Wildman–Crippen LogP) is 2.06. The summed E-state index contributed by atoms with van der Waals surface area (Å²) in [6.07, 6.45) is 2.34. The molecule has 1 heterocycles. The Morgan fingerprint density at radius 3 is 2.33 bits per heavy atom. The molecule has 0 spiro atoms. The van der Waals surface area contributed by atoms with Crippen LogP contribution in [0.3, 0.4) is 0 Å². The Hall–Kier alpha value is -0.570. The molecule has 1 fully saturated rings. The number of hydrogen-bond acceptors (Lipinski definition) is 3. The molecule has 0 aromatic carbocycles. The SMILES string of the molecule is CC(C)OC(=O)CN1CCC(C)(C)CC1. The third-order valence-electron chi connectivity index (χ3n) is 2.93. The molecule has 1 aliphatic heterocycles. The second kappa shape index (κ2) is 4.97. The molecule has 1 saturated heterocycles. The van der Waals surface area contributed by atoms with Crippen molar-refractivity contribution in [2.45, 2.75) is 46.6 Å². The number of nitrogens with zero attached hydrogens (tertiary/aromatic N) is 1. The summed E-state index contributed by atoms with van der Waals surface area (Å²) in [5, 5.41) is 0. The van der Waals surface area contributed by atoms with Crippen LogP contribution in [-0.4, -0.2) is 36.6 Å². The Morgan fingerprint density at radius 2 is 1.87 bits per heavy atom. The molecular formula is C12H23NO2. The Balaban J connectivity index is 2.27. The van der Waals surface area contributed by atoms with Crippen molar-refractivity contribution in [1.82, 2.24) is 4.90 Å². The Kier molecular flexibility index (Phi) is 4.14. The first kappa shape index (κ1) is 12.5. The molecule has 15 heavy (non-hydrogen) atoms. The average molecular weight is 213 g/mol. The lowest BCUT2D eigenvalue weighted by molar-refractivity contribution is -0.149. The summed E-state index contributed by atoms with van der Waals surface area (Å²) in [4.78, 5) is 13.6. The highest BCUT2D eigenvalue weighted by Gasteiger charge is 2.26. The molecule has 0 aromatic rings. The molecule has 3 heteroatoms. The van der Waals surface area contributed by atoms with E-state index >= 15 is 0 Å². The van der Waals surface area contributed by atoms with Gasteiger partial charge in [-0.1, -0.05) is 13.8 Å². The number of rotatable bonds is 3. The summed E-state index contributed by atoms with van der Waals surface area (Å²) in [6.45, 7) is 10.8. The van der Waals surface area contributed by atoms with Gasteiger partial charge in [-0.05, 0) is 45.2 Å². The fourth-order valence-electron chi connectivity index (χ4n) is 1.80. The highest BCUT2D eigenvalue weighted by Crippen LogP contribution is 2.29. The first-order valence-electron chi connectivity index (χ1n) is 5.81. The molecule has 1 rings (SSSR count). The zero-order chi connectivity index (χ0) is 11.5. The van der Waals surface area contributed by atoms with Gasteiger partial charge < -0.3 is 4.74 Å². The number of carbonyl (C=O) groups excluding carboxylic acids is 1. The number of piperidine rings is 1. The van der Waals surface area contributed by atoms with E-state index in [1.165, 1.54) is 12.8 Å². The van der Waals surface area contributed by atoms with E-state index in [-0.39, 0.29) is 12.1 Å². The van der Waals surface area contributed by atoms with Crippen molar-refractivity contribution in [3.63, 3.8) is 0 Å². The fraction of sp³-hybridized carbons (Fsp3) is 0.917. The van der Waals surface area contributed by atoms with Gasteiger partial charge in [0.2, 0.25) is 0 Å². The smallest absolute Gasteiger partial charge is 0.320 e. The monoisotopic (exact) mass is 213 g/mol. The maximum absolute atomic E-state index is 11.4. The molecule has 3 nitrogen and oxygen atoms in total. The van der Waals surface area contributed by atoms with E-state index in [1.54, 1.807) is 0 Å². The van der Waals surface area contributed by atoms with Gasteiger partial charge in [-0.2, -0.15) is 0 Å². The third kappa shape index (κ3) is 4.65. The van der Waals surface area contributed by atoms with Crippen molar-refractivity contribution < 1.29 is 9.53 Å². The first-order chi connectivity index (χ1) is 6.89. The van der Waals surface area contributed by atoms with Gasteiger partial charge >= 0.3 is 5.97 Å². The molecule has 0 aromatic heterocycles. The van der Waals surface area contributed by atoms with Gasteiger partial charge in [-0.25, -0.2) is 0 Å². The normalized spacial score (nSPS) is 21.7. The minimum Gasteiger partial charge on any atom is -0.462 e. The molecule has 0 saturated carbocycles. The number of likely N-dealkylation sites (tertiary alicyclic amines) is 1. The lowest BCUT2D eigenvalue weighted by atomic mass is 9.83. The van der Waals surface area contributed by atoms with Gasteiger partial charge in [0.05, 0.1) is 12.6 Å². The Morgan fingerprint density at radius 1 is 1.33 bits per heavy atom. The topological polar surface area (TPSA) is 29.5 Å². The summed E-state index contributed by atoms with van der Waals surface area (Å²) in [7, 11) is 0. The fourth-order valence-corrected chi connectivity index (χ4v) is 1.80. The van der Waals surface area contributed by atoms with Gasteiger partial charge in [0.15, 0.2) is 0 Å². The lowest BCUT2D eigenvalue weighted by Gasteiger charge is -2.36. The standard InChI is InChI=1S/C12H23NO2/c1-10(2)15-11(14)9-13-7-5-12(3,4)6-8-13/h10H,5-9H2,1-4H3.